The Kier molecular flexibility index (Phi) is 3.50. The fourth-order valence-corrected chi connectivity index (χ4v) is 4.02. The van der Waals surface area contributed by atoms with Crippen LogP contribution in [0.3, 0.4) is 0 Å². The highest BCUT2D eigenvalue weighted by atomic mass is 32.1. The fourth-order valence-electron chi connectivity index (χ4n) is 3.04. The molecular formula is C14H21NOS. The van der Waals surface area contributed by atoms with Crippen LogP contribution < -0.4 is 5.32 Å². The molecule has 0 bridgehead atoms. The zero-order valence-corrected chi connectivity index (χ0v) is 11.3. The average Bonchev–Trinajstić information content (AvgIpc) is 2.95. The Bertz CT molecular complexity index is 376. The monoisotopic (exact) mass is 251 g/mol. The summed E-state index contributed by atoms with van der Waals surface area (Å²) in [6.07, 6.45) is 5.58. The molecule has 1 aliphatic heterocycles. The van der Waals surface area contributed by atoms with Crippen molar-refractivity contribution in [1.29, 1.82) is 0 Å². The molecule has 1 aromatic rings. The Labute approximate surface area is 107 Å². The van der Waals surface area contributed by atoms with E-state index in [-0.39, 0.29) is 0 Å². The molecule has 2 nitrogen and oxygen atoms in total. The molecule has 17 heavy (non-hydrogen) atoms. The quantitative estimate of drug-likeness (QED) is 0.891. The van der Waals surface area contributed by atoms with Crippen LogP contribution in [0.4, 0.5) is 0 Å². The minimum absolute atomic E-state index is 0.438. The van der Waals surface area contributed by atoms with Gasteiger partial charge in [-0.15, -0.1) is 11.3 Å². The highest BCUT2D eigenvalue weighted by molar-refractivity contribution is 7.10. The van der Waals surface area contributed by atoms with Crippen LogP contribution in [0.2, 0.25) is 0 Å². The van der Waals surface area contributed by atoms with Gasteiger partial charge in [0.25, 0.3) is 0 Å². The third kappa shape index (κ3) is 2.42. The van der Waals surface area contributed by atoms with Crippen LogP contribution in [0, 0.1) is 5.92 Å². The van der Waals surface area contributed by atoms with E-state index in [4.69, 9.17) is 4.74 Å². The number of aryl methyl sites for hydroxylation is 1. The predicted octanol–water partition coefficient (Wildman–Crippen LogP) is 3.14. The van der Waals surface area contributed by atoms with E-state index in [1.165, 1.54) is 25.7 Å². The first kappa shape index (κ1) is 11.7. The number of hydrogen-bond donors (Lipinski definition) is 1. The van der Waals surface area contributed by atoms with Crippen LogP contribution >= 0.6 is 11.3 Å². The van der Waals surface area contributed by atoms with E-state index in [1.807, 2.05) is 11.3 Å². The summed E-state index contributed by atoms with van der Waals surface area (Å²) in [7, 11) is 0. The van der Waals surface area contributed by atoms with Gasteiger partial charge in [0.05, 0.1) is 6.10 Å². The maximum Gasteiger partial charge on any atom is 0.0588 e. The molecule has 2 heterocycles. The van der Waals surface area contributed by atoms with E-state index in [2.05, 4.69) is 23.7 Å². The lowest BCUT2D eigenvalue weighted by atomic mass is 9.93. The van der Waals surface area contributed by atoms with Crippen molar-refractivity contribution in [3.63, 3.8) is 0 Å². The molecule has 3 heteroatoms. The molecule has 2 aliphatic rings. The van der Waals surface area contributed by atoms with Gasteiger partial charge in [0.2, 0.25) is 0 Å². The summed E-state index contributed by atoms with van der Waals surface area (Å²) in [5, 5.41) is 6.00. The van der Waals surface area contributed by atoms with Gasteiger partial charge < -0.3 is 10.1 Å². The van der Waals surface area contributed by atoms with E-state index >= 15 is 0 Å². The van der Waals surface area contributed by atoms with Crippen molar-refractivity contribution in [2.75, 3.05) is 13.2 Å². The third-order valence-electron chi connectivity index (χ3n) is 4.21. The minimum atomic E-state index is 0.438. The largest absolute Gasteiger partial charge is 0.378 e. The number of ether oxygens (including phenoxy) is 1. The number of rotatable bonds is 3. The highest BCUT2D eigenvalue weighted by Gasteiger charge is 2.26. The topological polar surface area (TPSA) is 21.3 Å². The molecule has 1 saturated heterocycles. The zero-order valence-electron chi connectivity index (χ0n) is 10.4. The van der Waals surface area contributed by atoms with Crippen molar-refractivity contribution in [3.05, 3.63) is 21.9 Å². The van der Waals surface area contributed by atoms with Crippen molar-refractivity contribution < 1.29 is 4.74 Å². The van der Waals surface area contributed by atoms with Crippen LogP contribution in [0.1, 0.15) is 42.7 Å². The molecule has 3 rings (SSSR count). The summed E-state index contributed by atoms with van der Waals surface area (Å²) in [6.45, 7) is 4.26. The Morgan fingerprint density at radius 2 is 2.41 bits per heavy atom. The summed E-state index contributed by atoms with van der Waals surface area (Å²) < 4.78 is 5.62. The van der Waals surface area contributed by atoms with Gasteiger partial charge in [-0.2, -0.15) is 0 Å². The van der Waals surface area contributed by atoms with Crippen LogP contribution in [-0.2, 0) is 11.2 Å². The number of thiophene rings is 1. The van der Waals surface area contributed by atoms with Gasteiger partial charge in [0, 0.05) is 24.1 Å². The molecule has 1 aliphatic carbocycles. The van der Waals surface area contributed by atoms with Crippen LogP contribution in [0.15, 0.2) is 11.4 Å². The zero-order chi connectivity index (χ0) is 11.7. The number of fused-ring (bicyclic) bond motifs is 1. The lowest BCUT2D eigenvalue weighted by molar-refractivity contribution is 0.104. The molecule has 0 spiro atoms. The summed E-state index contributed by atoms with van der Waals surface area (Å²) in [6, 6.07) is 2.91. The first-order valence-corrected chi connectivity index (χ1v) is 7.64. The van der Waals surface area contributed by atoms with E-state index in [1.54, 1.807) is 10.4 Å². The summed E-state index contributed by atoms with van der Waals surface area (Å²) in [4.78, 5) is 1.60. The highest BCUT2D eigenvalue weighted by Crippen LogP contribution is 2.33. The normalized spacial score (nSPS) is 32.6. The fraction of sp³-hybridized carbons (Fsp3) is 0.714. The molecule has 1 N–H and O–H groups in total. The molecule has 0 amide bonds. The standard InChI is InChI=1S/C14H21NOS/c1-10-11(5-7-16-10)9-15-13-3-2-4-14-12(13)6-8-17-14/h6,8,10-11,13,15H,2-5,7,9H2,1H3. The first-order chi connectivity index (χ1) is 8.34. The average molecular weight is 251 g/mol. The Morgan fingerprint density at radius 3 is 3.24 bits per heavy atom. The Balaban J connectivity index is 1.60. The molecule has 0 radical (unpaired) electrons. The molecule has 3 unspecified atom stereocenters. The van der Waals surface area contributed by atoms with E-state index in [9.17, 15) is 0 Å². The number of hydrogen-bond acceptors (Lipinski definition) is 3. The predicted molar refractivity (Wildman–Crippen MR) is 71.5 cm³/mol. The van der Waals surface area contributed by atoms with Gasteiger partial charge in [-0.05, 0) is 55.5 Å². The molecule has 0 saturated carbocycles. The van der Waals surface area contributed by atoms with Gasteiger partial charge in [-0.1, -0.05) is 0 Å². The lowest BCUT2D eigenvalue weighted by Crippen LogP contribution is -2.31. The van der Waals surface area contributed by atoms with Gasteiger partial charge in [0.1, 0.15) is 0 Å². The van der Waals surface area contributed by atoms with Gasteiger partial charge >= 0.3 is 0 Å². The molecule has 0 aromatic carbocycles. The van der Waals surface area contributed by atoms with E-state index in [0.717, 1.165) is 13.2 Å². The van der Waals surface area contributed by atoms with Crippen LogP contribution in [0.25, 0.3) is 0 Å². The summed E-state index contributed by atoms with van der Waals surface area (Å²) in [5.41, 5.74) is 1.56. The lowest BCUT2D eigenvalue weighted by Gasteiger charge is -2.26. The Hall–Kier alpha value is -0.380. The molecule has 94 valence electrons. The van der Waals surface area contributed by atoms with E-state index in [0.29, 0.717) is 18.1 Å². The van der Waals surface area contributed by atoms with Crippen molar-refractivity contribution >= 4 is 11.3 Å². The molecule has 3 atom stereocenters. The van der Waals surface area contributed by atoms with Gasteiger partial charge in [-0.3, -0.25) is 0 Å². The SMILES string of the molecule is CC1OCCC1CNC1CCCc2sccc21. The molecule has 1 fully saturated rings. The van der Waals surface area contributed by atoms with Crippen molar-refractivity contribution in [3.8, 4) is 0 Å². The second-order valence-electron chi connectivity index (χ2n) is 5.28. The molecular weight excluding hydrogens is 230 g/mol. The van der Waals surface area contributed by atoms with Crippen LogP contribution in [0.5, 0.6) is 0 Å². The first-order valence-electron chi connectivity index (χ1n) is 6.76. The Morgan fingerprint density at radius 1 is 1.47 bits per heavy atom. The summed E-state index contributed by atoms with van der Waals surface area (Å²) >= 11 is 1.92. The maximum atomic E-state index is 5.62. The van der Waals surface area contributed by atoms with E-state index < -0.39 is 0 Å². The summed E-state index contributed by atoms with van der Waals surface area (Å²) in [5.74, 6) is 0.707. The second kappa shape index (κ2) is 5.09. The second-order valence-corrected chi connectivity index (χ2v) is 6.28. The van der Waals surface area contributed by atoms with Gasteiger partial charge in [-0.25, -0.2) is 0 Å². The maximum absolute atomic E-state index is 5.62. The number of nitrogens with one attached hydrogen (secondary N) is 1. The van der Waals surface area contributed by atoms with Crippen LogP contribution in [-0.4, -0.2) is 19.3 Å². The molecule has 1 aromatic heterocycles. The van der Waals surface area contributed by atoms with Crippen molar-refractivity contribution in [1.82, 2.24) is 5.32 Å². The van der Waals surface area contributed by atoms with Gasteiger partial charge in [0.15, 0.2) is 0 Å². The van der Waals surface area contributed by atoms with Crippen molar-refractivity contribution in [2.45, 2.75) is 44.8 Å². The third-order valence-corrected chi connectivity index (χ3v) is 5.21. The smallest absolute Gasteiger partial charge is 0.0588 e. The van der Waals surface area contributed by atoms with Crippen molar-refractivity contribution in [2.24, 2.45) is 5.92 Å². The minimum Gasteiger partial charge on any atom is -0.378 e.